The fourth-order valence-corrected chi connectivity index (χ4v) is 21.8. The van der Waals surface area contributed by atoms with Gasteiger partial charge in [0.15, 0.2) is 12.6 Å². The number of hydrogen-bond donors (Lipinski definition) is 0. The molecule has 9 aromatic rings. The summed E-state index contributed by atoms with van der Waals surface area (Å²) in [6.07, 6.45) is 32.1. The average molecular weight is 1210 g/mol. The molecule has 0 radical (unpaired) electrons. The molecule has 11 rings (SSSR count). The molecule has 0 bridgehead atoms. The molecule has 440 valence electrons. The summed E-state index contributed by atoms with van der Waals surface area (Å²) < 4.78 is 5.28. The number of benzene rings is 4. The van der Waals surface area contributed by atoms with Gasteiger partial charge >= 0.3 is 0 Å². The molecule has 0 fully saturated rings. The number of thiophene rings is 5. The number of aryl methyl sites for hydroxylation is 8. The first-order valence-electron chi connectivity index (χ1n) is 32.7. The van der Waals surface area contributed by atoms with Crippen LogP contribution < -0.4 is 0 Å². The van der Waals surface area contributed by atoms with Gasteiger partial charge in [-0.05, 0) is 153 Å². The summed E-state index contributed by atoms with van der Waals surface area (Å²) >= 11 is 9.43. The molecule has 5 heterocycles. The van der Waals surface area contributed by atoms with Crippen LogP contribution in [0.5, 0.6) is 0 Å². The number of rotatable bonds is 31. The Morgan fingerprint density at radius 1 is 0.321 bits per heavy atom. The Morgan fingerprint density at radius 2 is 0.679 bits per heavy atom. The maximum atomic E-state index is 13.4. The molecule has 2 nitrogen and oxygen atoms in total. The summed E-state index contributed by atoms with van der Waals surface area (Å²) in [7, 11) is 0. The molecular formula is C77H90O2S5. The van der Waals surface area contributed by atoms with Crippen LogP contribution in [0.15, 0.2) is 84.9 Å². The monoisotopic (exact) mass is 1210 g/mol. The average Bonchev–Trinajstić information content (AvgIpc) is 1.49. The van der Waals surface area contributed by atoms with Crippen LogP contribution in [-0.2, 0) is 42.9 Å². The minimum absolute atomic E-state index is 0.660. The number of aldehydes is 2. The van der Waals surface area contributed by atoms with Crippen molar-refractivity contribution in [2.24, 2.45) is 0 Å². The predicted molar refractivity (Wildman–Crippen MR) is 370 cm³/mol. The Bertz CT molecular complexity index is 3710. The summed E-state index contributed by atoms with van der Waals surface area (Å²) in [5, 5.41) is 0. The zero-order valence-corrected chi connectivity index (χ0v) is 55.9. The first-order chi connectivity index (χ1) is 41.0. The lowest BCUT2D eigenvalue weighted by atomic mass is 9.66. The van der Waals surface area contributed by atoms with Crippen LogP contribution in [-0.4, -0.2) is 12.6 Å². The smallest absolute Gasteiger partial charge is 0.160 e. The highest BCUT2D eigenvalue weighted by molar-refractivity contribution is 7.36. The number of carbonyl (C=O) groups is 2. The summed E-state index contributed by atoms with van der Waals surface area (Å²) in [5.74, 6) is 0. The molecule has 5 aromatic heterocycles. The van der Waals surface area contributed by atoms with Crippen LogP contribution in [0.4, 0.5) is 0 Å². The number of unbranched alkanes of at least 4 members (excludes halogenated alkanes) is 15. The molecule has 2 aliphatic carbocycles. The van der Waals surface area contributed by atoms with E-state index in [1.54, 1.807) is 22.7 Å². The van der Waals surface area contributed by atoms with Gasteiger partial charge in [-0.25, -0.2) is 0 Å². The van der Waals surface area contributed by atoms with Gasteiger partial charge in [-0.3, -0.25) is 9.59 Å². The maximum Gasteiger partial charge on any atom is 0.160 e. The molecule has 0 saturated heterocycles. The molecule has 0 N–H and O–H groups in total. The summed E-state index contributed by atoms with van der Waals surface area (Å²) in [5.41, 5.74) is 20.7. The molecule has 2 atom stereocenters. The van der Waals surface area contributed by atoms with Gasteiger partial charge < -0.3 is 0 Å². The lowest BCUT2D eigenvalue weighted by molar-refractivity contribution is 0.111. The summed E-state index contributed by atoms with van der Waals surface area (Å²) in [6.45, 7) is 18.5. The topological polar surface area (TPSA) is 34.1 Å². The van der Waals surface area contributed by atoms with Gasteiger partial charge in [0, 0.05) is 21.4 Å². The van der Waals surface area contributed by atoms with E-state index in [-0.39, 0.29) is 0 Å². The lowest BCUT2D eigenvalue weighted by Crippen LogP contribution is -2.29. The van der Waals surface area contributed by atoms with E-state index < -0.39 is 10.8 Å². The van der Waals surface area contributed by atoms with E-state index in [0.717, 1.165) is 54.4 Å². The Kier molecular flexibility index (Phi) is 19.7. The van der Waals surface area contributed by atoms with E-state index in [1.807, 2.05) is 22.7 Å². The maximum absolute atomic E-state index is 13.4. The number of hydrogen-bond acceptors (Lipinski definition) is 7. The normalized spacial score (nSPS) is 16.0. The van der Waals surface area contributed by atoms with Gasteiger partial charge in [-0.15, -0.1) is 56.7 Å². The molecule has 84 heavy (non-hydrogen) atoms. The van der Waals surface area contributed by atoms with Crippen LogP contribution in [0.2, 0.25) is 0 Å². The molecule has 2 unspecified atom stereocenters. The van der Waals surface area contributed by atoms with E-state index in [1.165, 1.54) is 256 Å². The molecule has 4 aromatic carbocycles. The molecule has 0 amide bonds. The largest absolute Gasteiger partial charge is 0.297 e. The number of fused-ring (bicyclic) bond motifs is 11. The van der Waals surface area contributed by atoms with Crippen molar-refractivity contribution >= 4 is 88.1 Å². The van der Waals surface area contributed by atoms with Gasteiger partial charge in [0.2, 0.25) is 0 Å². The standard InChI is InChI=1S/C77H90O2S5/c1-9-14-19-24-29-53-35-52(8)38-59(41-53)77(61-44-56(32-27-22-17-12-4)40-57(45-61)33-28-23-18-13-5)66-70-65(47-63(49-79)81-70)82-72(66)74-68(77)75-73(84-74)67-71(83-75)69-64(46-62(48-78)80-69)76(67,58-36-50(6)34-51(7)37-58)60-42-54(30-25-20-15-10-2)39-55(43-60)31-26-21-16-11-3/h34-49H,9-33H2,1-8H3. The number of carbonyl (C=O) groups excluding carboxylic acids is 2. The summed E-state index contributed by atoms with van der Waals surface area (Å²) in [4.78, 5) is 33.3. The second kappa shape index (κ2) is 27.1. The van der Waals surface area contributed by atoms with Gasteiger partial charge in [-0.2, -0.15) is 0 Å². The highest BCUT2D eigenvalue weighted by atomic mass is 32.1. The van der Waals surface area contributed by atoms with Gasteiger partial charge in [0.05, 0.1) is 54.2 Å². The van der Waals surface area contributed by atoms with Crippen molar-refractivity contribution in [3.8, 4) is 19.5 Å². The first kappa shape index (κ1) is 60.9. The zero-order chi connectivity index (χ0) is 58.5. The van der Waals surface area contributed by atoms with E-state index in [9.17, 15) is 9.59 Å². The minimum Gasteiger partial charge on any atom is -0.297 e. The Balaban J connectivity index is 1.27. The van der Waals surface area contributed by atoms with Crippen LogP contribution in [0.3, 0.4) is 0 Å². The Morgan fingerprint density at radius 3 is 1.13 bits per heavy atom. The second-order valence-corrected chi connectivity index (χ2v) is 30.5. The van der Waals surface area contributed by atoms with Crippen molar-refractivity contribution in [3.63, 3.8) is 0 Å². The third-order valence-electron chi connectivity index (χ3n) is 18.6. The fraction of sp³-hybridized carbons (Fsp3) is 0.455. The van der Waals surface area contributed by atoms with Crippen molar-refractivity contribution < 1.29 is 9.59 Å². The Labute approximate surface area is 523 Å². The third kappa shape index (κ3) is 11.5. The van der Waals surface area contributed by atoms with E-state index in [0.29, 0.717) is 0 Å². The van der Waals surface area contributed by atoms with Crippen LogP contribution in [0.25, 0.3) is 38.3 Å². The molecule has 0 saturated carbocycles. The molecular weight excluding hydrogens is 1120 g/mol. The quantitative estimate of drug-likeness (QED) is 0.0321. The van der Waals surface area contributed by atoms with Gasteiger partial charge in [-0.1, -0.05) is 220 Å². The van der Waals surface area contributed by atoms with Crippen molar-refractivity contribution in [1.82, 2.24) is 0 Å². The minimum atomic E-state index is -0.661. The van der Waals surface area contributed by atoms with Crippen LogP contribution in [0, 0.1) is 20.8 Å². The zero-order valence-electron chi connectivity index (χ0n) is 51.8. The van der Waals surface area contributed by atoms with Crippen molar-refractivity contribution in [1.29, 1.82) is 0 Å². The first-order valence-corrected chi connectivity index (χ1v) is 36.8. The van der Waals surface area contributed by atoms with Crippen molar-refractivity contribution in [2.45, 2.75) is 227 Å². The lowest BCUT2D eigenvalue weighted by Gasteiger charge is -2.35. The highest BCUT2D eigenvalue weighted by Gasteiger charge is 2.56. The van der Waals surface area contributed by atoms with Gasteiger partial charge in [0.1, 0.15) is 0 Å². The third-order valence-corrected chi connectivity index (χ3v) is 24.9. The molecule has 7 heteroatoms. The van der Waals surface area contributed by atoms with E-state index >= 15 is 0 Å². The SMILES string of the molecule is CCCCCCc1cc(CCCCCC)cc(C2(c3cc(C)cc(C)c3)c3cc(C=O)sc3-c3sc4c5c(sc4c32)-c2sc3cc(C=O)sc3c2C5(c2cc(C)cc(CCCCCC)c2)c2cc(CCCCCC)cc(CCCCCC)c2)c1. The molecule has 2 aliphatic rings. The Hall–Kier alpha value is -4.76. The van der Waals surface area contributed by atoms with Crippen molar-refractivity contribution in [3.05, 3.63) is 184 Å². The predicted octanol–water partition coefficient (Wildman–Crippen LogP) is 24.2. The molecule has 0 spiro atoms. The van der Waals surface area contributed by atoms with Gasteiger partial charge in [0.25, 0.3) is 0 Å². The van der Waals surface area contributed by atoms with E-state index in [4.69, 9.17) is 0 Å². The summed E-state index contributed by atoms with van der Waals surface area (Å²) in [6, 6.07) is 35.2. The van der Waals surface area contributed by atoms with Crippen LogP contribution >= 0.6 is 56.7 Å². The molecule has 0 aliphatic heterocycles. The van der Waals surface area contributed by atoms with Crippen molar-refractivity contribution in [2.75, 3.05) is 0 Å². The second-order valence-electron chi connectivity index (χ2n) is 25.3. The van der Waals surface area contributed by atoms with E-state index in [2.05, 4.69) is 152 Å². The highest BCUT2D eigenvalue weighted by Crippen LogP contribution is 2.71. The van der Waals surface area contributed by atoms with Crippen LogP contribution in [0.1, 0.15) is 271 Å². The fourth-order valence-electron chi connectivity index (χ4n) is 14.8.